The number of aromatic nitrogens is 1. The Balaban J connectivity index is 1.80. The SMILES string of the molecule is Cc1ncsc1/C=C/C1=C(C(=O)OCOC(=O)C(C)(C)C)N2C(=O)C(N)[C@H]2SC1. The third-order valence-electron chi connectivity index (χ3n) is 4.44. The van der Waals surface area contributed by atoms with E-state index >= 15 is 0 Å². The van der Waals surface area contributed by atoms with Crippen LogP contribution in [0.4, 0.5) is 0 Å². The number of allylic oxidation sites excluding steroid dienone is 1. The Bertz CT molecular complexity index is 900. The molecule has 29 heavy (non-hydrogen) atoms. The number of hydrogen-bond donors (Lipinski definition) is 1. The third kappa shape index (κ3) is 4.39. The van der Waals surface area contributed by atoms with Gasteiger partial charge >= 0.3 is 11.9 Å². The molecule has 0 aromatic carbocycles. The maximum absolute atomic E-state index is 12.8. The molecule has 1 aromatic heterocycles. The summed E-state index contributed by atoms with van der Waals surface area (Å²) in [6.07, 6.45) is 3.65. The summed E-state index contributed by atoms with van der Waals surface area (Å²) >= 11 is 2.98. The van der Waals surface area contributed by atoms with Gasteiger partial charge in [-0.2, -0.15) is 0 Å². The maximum Gasteiger partial charge on any atom is 0.358 e. The van der Waals surface area contributed by atoms with Gasteiger partial charge in [-0.1, -0.05) is 6.08 Å². The second-order valence-corrected chi connectivity index (χ2v) is 9.67. The molecule has 1 amide bonds. The molecule has 156 valence electrons. The lowest BCUT2D eigenvalue weighted by Crippen LogP contribution is -2.68. The van der Waals surface area contributed by atoms with Crippen molar-refractivity contribution in [3.8, 4) is 0 Å². The first-order chi connectivity index (χ1) is 13.6. The van der Waals surface area contributed by atoms with Crippen molar-refractivity contribution < 1.29 is 23.9 Å². The average molecular weight is 438 g/mol. The van der Waals surface area contributed by atoms with E-state index in [9.17, 15) is 14.4 Å². The van der Waals surface area contributed by atoms with Crippen LogP contribution < -0.4 is 5.73 Å². The largest absolute Gasteiger partial charge is 0.427 e. The number of nitrogens with zero attached hydrogens (tertiary/aromatic N) is 2. The summed E-state index contributed by atoms with van der Waals surface area (Å²) in [7, 11) is 0. The topological polar surface area (TPSA) is 112 Å². The Kier molecular flexibility index (Phi) is 6.16. The van der Waals surface area contributed by atoms with E-state index in [1.165, 1.54) is 28.0 Å². The fourth-order valence-corrected chi connectivity index (χ4v) is 4.69. The van der Waals surface area contributed by atoms with Gasteiger partial charge in [0, 0.05) is 10.6 Å². The Morgan fingerprint density at radius 2 is 2.07 bits per heavy atom. The number of β-lactam (4-membered cyclic amide) rings is 1. The number of fused-ring (bicyclic) bond motifs is 1. The molecule has 10 heteroatoms. The van der Waals surface area contributed by atoms with Crippen molar-refractivity contribution in [3.63, 3.8) is 0 Å². The minimum atomic E-state index is -0.724. The minimum Gasteiger partial charge on any atom is -0.427 e. The minimum absolute atomic E-state index is 0.144. The highest BCUT2D eigenvalue weighted by Crippen LogP contribution is 2.40. The molecule has 1 fully saturated rings. The molecule has 3 heterocycles. The van der Waals surface area contributed by atoms with Gasteiger partial charge in [0.15, 0.2) is 0 Å². The van der Waals surface area contributed by atoms with Crippen LogP contribution in [0.5, 0.6) is 0 Å². The van der Waals surface area contributed by atoms with Gasteiger partial charge in [-0.3, -0.25) is 14.5 Å². The summed E-state index contributed by atoms with van der Waals surface area (Å²) in [5.74, 6) is -1.04. The maximum atomic E-state index is 12.8. The molecule has 2 aliphatic rings. The quantitative estimate of drug-likeness (QED) is 0.423. The predicted octanol–water partition coefficient (Wildman–Crippen LogP) is 2.05. The lowest BCUT2D eigenvalue weighted by Gasteiger charge is -2.48. The van der Waals surface area contributed by atoms with Crippen LogP contribution in [0.25, 0.3) is 6.08 Å². The molecule has 1 saturated heterocycles. The van der Waals surface area contributed by atoms with Crippen LogP contribution in [-0.2, 0) is 23.9 Å². The van der Waals surface area contributed by atoms with Gasteiger partial charge in [-0.05, 0) is 39.3 Å². The zero-order valence-corrected chi connectivity index (χ0v) is 18.3. The smallest absolute Gasteiger partial charge is 0.358 e. The molecule has 0 saturated carbocycles. The Hall–Kier alpha value is -2.17. The number of hydrogen-bond acceptors (Lipinski definition) is 9. The molecule has 0 spiro atoms. The van der Waals surface area contributed by atoms with Gasteiger partial charge in [0.25, 0.3) is 0 Å². The van der Waals surface area contributed by atoms with Crippen molar-refractivity contribution in [2.45, 2.75) is 39.1 Å². The number of carbonyl (C=O) groups excluding carboxylic acids is 3. The van der Waals surface area contributed by atoms with Crippen LogP contribution in [0.15, 0.2) is 22.9 Å². The monoisotopic (exact) mass is 437 g/mol. The molecule has 0 bridgehead atoms. The number of thiazole rings is 1. The molecule has 2 atom stereocenters. The zero-order valence-electron chi connectivity index (χ0n) is 16.6. The van der Waals surface area contributed by atoms with Crippen molar-refractivity contribution in [2.75, 3.05) is 12.5 Å². The standard InChI is InChI=1S/C19H23N3O5S2/c1-10-12(29-8-21-10)6-5-11-7-28-16-13(20)15(23)22(16)14(11)17(24)26-9-27-18(25)19(2,3)4/h5-6,8,13,16H,7,9,20H2,1-4H3/b6-5+/t13?,16-/m1/s1. The van der Waals surface area contributed by atoms with Crippen molar-refractivity contribution in [1.29, 1.82) is 0 Å². The molecular formula is C19H23N3O5S2. The van der Waals surface area contributed by atoms with Crippen LogP contribution in [-0.4, -0.2) is 51.7 Å². The second kappa shape index (κ2) is 8.29. The molecule has 0 aliphatic carbocycles. The fraction of sp³-hybridized carbons (Fsp3) is 0.474. The van der Waals surface area contributed by atoms with E-state index in [-0.39, 0.29) is 17.0 Å². The number of carbonyl (C=O) groups is 3. The number of rotatable bonds is 5. The number of esters is 2. The molecule has 1 aromatic rings. The summed E-state index contributed by atoms with van der Waals surface area (Å²) in [5, 5.41) is -0.301. The van der Waals surface area contributed by atoms with E-state index in [0.717, 1.165) is 10.6 Å². The van der Waals surface area contributed by atoms with Crippen molar-refractivity contribution in [1.82, 2.24) is 9.88 Å². The highest BCUT2D eigenvalue weighted by Gasteiger charge is 2.51. The molecular weight excluding hydrogens is 414 g/mol. The lowest BCUT2D eigenvalue weighted by molar-refractivity contribution is -0.173. The fourth-order valence-electron chi connectivity index (χ4n) is 2.73. The number of amides is 1. The molecule has 0 radical (unpaired) electrons. The van der Waals surface area contributed by atoms with Crippen LogP contribution >= 0.6 is 23.1 Å². The molecule has 2 N–H and O–H groups in total. The van der Waals surface area contributed by atoms with Gasteiger partial charge in [0.1, 0.15) is 17.1 Å². The first-order valence-corrected chi connectivity index (χ1v) is 10.9. The molecule has 3 rings (SSSR count). The number of thioether (sulfide) groups is 1. The molecule has 8 nitrogen and oxygen atoms in total. The second-order valence-electron chi connectivity index (χ2n) is 7.68. The number of nitrogens with two attached hydrogens (primary N) is 1. The first-order valence-electron chi connectivity index (χ1n) is 8.97. The van der Waals surface area contributed by atoms with E-state index < -0.39 is 30.2 Å². The number of aryl methyl sites for hydroxylation is 1. The summed E-state index contributed by atoms with van der Waals surface area (Å²) in [6, 6.07) is -0.643. The van der Waals surface area contributed by atoms with Crippen LogP contribution in [0.1, 0.15) is 31.3 Å². The van der Waals surface area contributed by atoms with E-state index in [1.54, 1.807) is 32.4 Å². The first kappa shape index (κ1) is 21.5. The third-order valence-corrected chi connectivity index (χ3v) is 6.66. The Morgan fingerprint density at radius 1 is 1.34 bits per heavy atom. The van der Waals surface area contributed by atoms with Gasteiger partial charge in [-0.15, -0.1) is 23.1 Å². The summed E-state index contributed by atoms with van der Waals surface area (Å²) < 4.78 is 10.2. The predicted molar refractivity (Wildman–Crippen MR) is 110 cm³/mol. The van der Waals surface area contributed by atoms with Crippen molar-refractivity contribution in [3.05, 3.63) is 33.4 Å². The zero-order chi connectivity index (χ0) is 21.3. The normalized spacial score (nSPS) is 21.8. The van der Waals surface area contributed by atoms with E-state index in [2.05, 4.69) is 4.98 Å². The van der Waals surface area contributed by atoms with Crippen LogP contribution in [0.3, 0.4) is 0 Å². The molecule has 1 unspecified atom stereocenters. The van der Waals surface area contributed by atoms with Gasteiger partial charge in [-0.25, -0.2) is 9.78 Å². The number of ether oxygens (including phenoxy) is 2. The van der Waals surface area contributed by atoms with Crippen LogP contribution in [0.2, 0.25) is 0 Å². The lowest BCUT2D eigenvalue weighted by atomic mass is 9.98. The van der Waals surface area contributed by atoms with Gasteiger partial charge < -0.3 is 15.2 Å². The Labute approximate surface area is 177 Å². The van der Waals surface area contributed by atoms with Gasteiger partial charge in [0.2, 0.25) is 12.7 Å². The van der Waals surface area contributed by atoms with Crippen LogP contribution in [0, 0.1) is 12.3 Å². The summed E-state index contributed by atoms with van der Waals surface area (Å²) in [4.78, 5) is 43.4. The van der Waals surface area contributed by atoms with E-state index in [4.69, 9.17) is 15.2 Å². The van der Waals surface area contributed by atoms with E-state index in [0.29, 0.717) is 11.3 Å². The molecule has 2 aliphatic heterocycles. The highest BCUT2D eigenvalue weighted by molar-refractivity contribution is 8.00. The van der Waals surface area contributed by atoms with Gasteiger partial charge in [0.05, 0.1) is 16.6 Å². The highest BCUT2D eigenvalue weighted by atomic mass is 32.2. The van der Waals surface area contributed by atoms with Crippen molar-refractivity contribution in [2.24, 2.45) is 11.1 Å². The van der Waals surface area contributed by atoms with Crippen molar-refractivity contribution >= 4 is 47.0 Å². The summed E-state index contributed by atoms with van der Waals surface area (Å²) in [6.45, 7) is 6.48. The average Bonchev–Trinajstić information content (AvgIpc) is 3.08. The summed E-state index contributed by atoms with van der Waals surface area (Å²) in [5.41, 5.74) is 8.57. The Morgan fingerprint density at radius 3 is 2.69 bits per heavy atom. The van der Waals surface area contributed by atoms with E-state index in [1.807, 2.05) is 13.0 Å².